The van der Waals surface area contributed by atoms with Gasteiger partial charge in [0.2, 0.25) is 0 Å². The van der Waals surface area contributed by atoms with Crippen molar-refractivity contribution in [1.29, 1.82) is 0 Å². The number of carbonyl (C=O) groups is 1. The minimum absolute atomic E-state index is 0.0647. The fraction of sp³-hybridized carbons (Fsp3) is 0.188. The summed E-state index contributed by atoms with van der Waals surface area (Å²) in [5.41, 5.74) is 4.04. The lowest BCUT2D eigenvalue weighted by Gasteiger charge is -2.09. The zero-order chi connectivity index (χ0) is 14.5. The molecule has 0 saturated carbocycles. The molecule has 0 aliphatic heterocycles. The van der Waals surface area contributed by atoms with Crippen LogP contribution in [0.25, 0.3) is 0 Å². The van der Waals surface area contributed by atoms with E-state index in [-0.39, 0.29) is 5.91 Å². The monoisotopic (exact) mass is 395 g/mol. The molecule has 0 atom stereocenters. The molecular weight excluding hydrogens is 382 g/mol. The summed E-state index contributed by atoms with van der Waals surface area (Å²) in [6.45, 7) is 2.50. The molecule has 0 spiro atoms. The normalized spacial score (nSPS) is 10.3. The third-order valence-electron chi connectivity index (χ3n) is 3.07. The minimum Gasteiger partial charge on any atom is -0.348 e. The molecule has 1 N–H and O–H groups in total. The van der Waals surface area contributed by atoms with Crippen LogP contribution < -0.4 is 5.32 Å². The van der Waals surface area contributed by atoms with Crippen LogP contribution in [0.15, 0.2) is 46.9 Å². The van der Waals surface area contributed by atoms with Gasteiger partial charge in [0.1, 0.15) is 0 Å². The molecule has 0 heterocycles. The first kappa shape index (κ1) is 15.3. The quantitative estimate of drug-likeness (QED) is 0.752. The molecule has 0 bridgehead atoms. The van der Waals surface area contributed by atoms with Gasteiger partial charge in [0, 0.05) is 16.3 Å². The highest BCUT2D eigenvalue weighted by molar-refractivity contribution is 9.10. The summed E-state index contributed by atoms with van der Waals surface area (Å²) in [6, 6.07) is 13.8. The lowest BCUT2D eigenvalue weighted by Crippen LogP contribution is -2.23. The molecule has 4 heteroatoms. The number of alkyl halides is 1. The first-order chi connectivity index (χ1) is 9.61. The lowest BCUT2D eigenvalue weighted by atomic mass is 10.1. The Balaban J connectivity index is 2.02. The minimum atomic E-state index is -0.0647. The Labute approximate surface area is 135 Å². The van der Waals surface area contributed by atoms with Crippen LogP contribution in [0.2, 0.25) is 0 Å². The summed E-state index contributed by atoms with van der Waals surface area (Å²) in [6.07, 6.45) is 0. The van der Waals surface area contributed by atoms with Crippen molar-refractivity contribution in [2.24, 2.45) is 0 Å². The Morgan fingerprint density at radius 2 is 1.75 bits per heavy atom. The Morgan fingerprint density at radius 3 is 2.40 bits per heavy atom. The number of hydrogen-bond acceptors (Lipinski definition) is 1. The maximum absolute atomic E-state index is 12.2. The van der Waals surface area contributed by atoms with Crippen molar-refractivity contribution >= 4 is 37.8 Å². The van der Waals surface area contributed by atoms with Crippen molar-refractivity contribution in [2.75, 3.05) is 0 Å². The molecule has 2 rings (SSSR count). The summed E-state index contributed by atoms with van der Waals surface area (Å²) in [7, 11) is 0. The number of benzene rings is 2. The topological polar surface area (TPSA) is 29.1 Å². The molecule has 0 saturated heterocycles. The molecule has 104 valence electrons. The van der Waals surface area contributed by atoms with Crippen molar-refractivity contribution in [1.82, 2.24) is 5.32 Å². The van der Waals surface area contributed by atoms with Crippen LogP contribution in [-0.4, -0.2) is 5.91 Å². The SMILES string of the molecule is Cc1cccc(C(=O)NCc2ccc(CBr)cc2)c1Br. The molecule has 2 aromatic carbocycles. The largest absolute Gasteiger partial charge is 0.348 e. The van der Waals surface area contributed by atoms with Crippen molar-refractivity contribution in [3.63, 3.8) is 0 Å². The molecule has 0 radical (unpaired) electrons. The number of hydrogen-bond donors (Lipinski definition) is 1. The number of aryl methyl sites for hydroxylation is 1. The van der Waals surface area contributed by atoms with Crippen LogP contribution in [0.5, 0.6) is 0 Å². The van der Waals surface area contributed by atoms with E-state index < -0.39 is 0 Å². The fourth-order valence-corrected chi connectivity index (χ4v) is 2.66. The molecular formula is C16H15Br2NO. The average molecular weight is 397 g/mol. The molecule has 1 amide bonds. The van der Waals surface area contributed by atoms with Gasteiger partial charge in [-0.25, -0.2) is 0 Å². The molecule has 2 aromatic rings. The van der Waals surface area contributed by atoms with Gasteiger partial charge in [-0.3, -0.25) is 4.79 Å². The van der Waals surface area contributed by atoms with Crippen LogP contribution in [-0.2, 0) is 11.9 Å². The number of halogens is 2. The van der Waals surface area contributed by atoms with E-state index in [1.165, 1.54) is 5.56 Å². The van der Waals surface area contributed by atoms with Gasteiger partial charge in [-0.1, -0.05) is 52.3 Å². The average Bonchev–Trinajstić information content (AvgIpc) is 2.48. The maximum Gasteiger partial charge on any atom is 0.252 e. The number of carbonyl (C=O) groups excluding carboxylic acids is 1. The van der Waals surface area contributed by atoms with E-state index >= 15 is 0 Å². The third-order valence-corrected chi connectivity index (χ3v) is 4.77. The number of amides is 1. The molecule has 0 aliphatic rings. The molecule has 0 fully saturated rings. The second-order valence-corrected chi connectivity index (χ2v) is 5.92. The molecule has 2 nitrogen and oxygen atoms in total. The predicted molar refractivity (Wildman–Crippen MR) is 89.1 cm³/mol. The molecule has 0 aliphatic carbocycles. The van der Waals surface area contributed by atoms with E-state index in [9.17, 15) is 4.79 Å². The maximum atomic E-state index is 12.2. The van der Waals surface area contributed by atoms with Crippen LogP contribution >= 0.6 is 31.9 Å². The zero-order valence-electron chi connectivity index (χ0n) is 11.1. The van der Waals surface area contributed by atoms with Gasteiger partial charge < -0.3 is 5.32 Å². The van der Waals surface area contributed by atoms with E-state index in [2.05, 4.69) is 49.3 Å². The fourth-order valence-electron chi connectivity index (χ4n) is 1.85. The van der Waals surface area contributed by atoms with Crippen LogP contribution in [0.3, 0.4) is 0 Å². The Kier molecular flexibility index (Phi) is 5.38. The van der Waals surface area contributed by atoms with Gasteiger partial charge in [-0.15, -0.1) is 0 Å². The van der Waals surface area contributed by atoms with Crippen molar-refractivity contribution < 1.29 is 4.79 Å². The molecule has 0 unspecified atom stereocenters. The highest BCUT2D eigenvalue weighted by atomic mass is 79.9. The second kappa shape index (κ2) is 7.04. The first-order valence-electron chi connectivity index (χ1n) is 6.29. The summed E-state index contributed by atoms with van der Waals surface area (Å²) in [5, 5.41) is 3.78. The van der Waals surface area contributed by atoms with E-state index in [1.807, 2.05) is 37.3 Å². The Hall–Kier alpha value is -1.13. The smallest absolute Gasteiger partial charge is 0.252 e. The van der Waals surface area contributed by atoms with E-state index in [4.69, 9.17) is 0 Å². The summed E-state index contributed by atoms with van der Waals surface area (Å²) >= 11 is 6.87. The summed E-state index contributed by atoms with van der Waals surface area (Å²) in [5.74, 6) is -0.0647. The van der Waals surface area contributed by atoms with Crippen LogP contribution in [0.4, 0.5) is 0 Å². The standard InChI is InChI=1S/C16H15Br2NO/c1-11-3-2-4-14(15(11)18)16(20)19-10-13-7-5-12(9-17)6-8-13/h2-8H,9-10H2,1H3,(H,19,20). The first-order valence-corrected chi connectivity index (χ1v) is 8.20. The van der Waals surface area contributed by atoms with Crippen LogP contribution in [0, 0.1) is 6.92 Å². The molecule has 20 heavy (non-hydrogen) atoms. The van der Waals surface area contributed by atoms with Gasteiger partial charge in [-0.2, -0.15) is 0 Å². The number of rotatable bonds is 4. The van der Waals surface area contributed by atoms with Gasteiger partial charge in [-0.05, 0) is 45.6 Å². The van der Waals surface area contributed by atoms with Gasteiger partial charge in [0.05, 0.1) is 5.56 Å². The van der Waals surface area contributed by atoms with Crippen molar-refractivity contribution in [3.8, 4) is 0 Å². The second-order valence-electron chi connectivity index (χ2n) is 4.57. The van der Waals surface area contributed by atoms with E-state index in [1.54, 1.807) is 0 Å². The highest BCUT2D eigenvalue weighted by Crippen LogP contribution is 2.21. The Morgan fingerprint density at radius 1 is 1.10 bits per heavy atom. The lowest BCUT2D eigenvalue weighted by molar-refractivity contribution is 0.0950. The van der Waals surface area contributed by atoms with Crippen molar-refractivity contribution in [2.45, 2.75) is 18.8 Å². The number of nitrogens with one attached hydrogen (secondary N) is 1. The van der Waals surface area contributed by atoms with Gasteiger partial charge in [0.25, 0.3) is 5.91 Å². The van der Waals surface area contributed by atoms with Gasteiger partial charge >= 0.3 is 0 Å². The third kappa shape index (κ3) is 3.70. The van der Waals surface area contributed by atoms with Crippen molar-refractivity contribution in [3.05, 3.63) is 69.2 Å². The zero-order valence-corrected chi connectivity index (χ0v) is 14.3. The predicted octanol–water partition coefficient (Wildman–Crippen LogP) is 4.58. The van der Waals surface area contributed by atoms with E-state index in [0.717, 1.165) is 20.9 Å². The summed E-state index contributed by atoms with van der Waals surface area (Å²) in [4.78, 5) is 12.2. The van der Waals surface area contributed by atoms with Crippen LogP contribution in [0.1, 0.15) is 27.0 Å². The highest BCUT2D eigenvalue weighted by Gasteiger charge is 2.10. The Bertz CT molecular complexity index is 608. The van der Waals surface area contributed by atoms with Gasteiger partial charge in [0.15, 0.2) is 0 Å². The van der Waals surface area contributed by atoms with E-state index in [0.29, 0.717) is 12.1 Å². The summed E-state index contributed by atoms with van der Waals surface area (Å²) < 4.78 is 0.854. The molecule has 0 aromatic heterocycles.